The molecule has 0 spiro atoms. The largest absolute Gasteiger partial charge is 0.477 e. The van der Waals surface area contributed by atoms with Crippen molar-refractivity contribution in [2.75, 3.05) is 5.32 Å². The highest BCUT2D eigenvalue weighted by molar-refractivity contribution is 6.35. The number of anilines is 1. The van der Waals surface area contributed by atoms with Crippen LogP contribution in [0.25, 0.3) is 0 Å². The van der Waals surface area contributed by atoms with Crippen LogP contribution in [0, 0.1) is 0 Å². The second-order valence-electron chi connectivity index (χ2n) is 4.47. The average molecular weight is 306 g/mol. The van der Waals surface area contributed by atoms with Crippen LogP contribution < -0.4 is 5.32 Å². The summed E-state index contributed by atoms with van der Waals surface area (Å²) in [6.07, 6.45) is 1.28. The van der Waals surface area contributed by atoms with Crippen LogP contribution in [0.2, 0.25) is 5.02 Å². The van der Waals surface area contributed by atoms with Gasteiger partial charge in [-0.15, -0.1) is 0 Å². The minimum Gasteiger partial charge on any atom is -0.477 e. The molecule has 106 valence electrons. The SMILES string of the molecule is O=C1Cc2cc(C(=O)c3nc[nH]c3C(=O)O)c(Cl)cc2N1. The number of ketones is 1. The molecular formula is C13H8ClN3O4. The normalized spacial score (nSPS) is 12.9. The smallest absolute Gasteiger partial charge is 0.354 e. The first-order valence-electron chi connectivity index (χ1n) is 5.91. The lowest BCUT2D eigenvalue weighted by Crippen LogP contribution is -2.10. The van der Waals surface area contributed by atoms with Crippen molar-refractivity contribution in [1.29, 1.82) is 0 Å². The van der Waals surface area contributed by atoms with Gasteiger partial charge in [-0.3, -0.25) is 9.59 Å². The van der Waals surface area contributed by atoms with E-state index >= 15 is 0 Å². The predicted molar refractivity (Wildman–Crippen MR) is 72.8 cm³/mol. The number of nitrogens with one attached hydrogen (secondary N) is 2. The number of aromatic carboxylic acids is 1. The van der Waals surface area contributed by atoms with Crippen molar-refractivity contribution in [2.24, 2.45) is 0 Å². The highest BCUT2D eigenvalue weighted by Gasteiger charge is 2.26. The highest BCUT2D eigenvalue weighted by Crippen LogP contribution is 2.31. The number of hydrogen-bond acceptors (Lipinski definition) is 4. The van der Waals surface area contributed by atoms with Crippen LogP contribution in [-0.2, 0) is 11.2 Å². The van der Waals surface area contributed by atoms with E-state index in [0.717, 1.165) is 6.33 Å². The molecule has 1 aromatic heterocycles. The lowest BCUT2D eigenvalue weighted by Gasteiger charge is -2.06. The number of carboxylic acids is 1. The van der Waals surface area contributed by atoms with Crippen molar-refractivity contribution >= 4 is 34.9 Å². The summed E-state index contributed by atoms with van der Waals surface area (Å²) < 4.78 is 0. The number of hydrogen-bond donors (Lipinski definition) is 3. The van der Waals surface area contributed by atoms with Gasteiger partial charge in [0.25, 0.3) is 0 Å². The Morgan fingerprint density at radius 3 is 2.81 bits per heavy atom. The number of aromatic amines is 1. The lowest BCUT2D eigenvalue weighted by molar-refractivity contribution is -0.115. The molecule has 2 heterocycles. The van der Waals surface area contributed by atoms with E-state index in [4.69, 9.17) is 16.7 Å². The topological polar surface area (TPSA) is 112 Å². The molecule has 0 bridgehead atoms. The van der Waals surface area contributed by atoms with Gasteiger partial charge in [-0.2, -0.15) is 0 Å². The quantitative estimate of drug-likeness (QED) is 0.744. The molecule has 0 atom stereocenters. The monoisotopic (exact) mass is 305 g/mol. The number of aromatic nitrogens is 2. The molecule has 1 aromatic carbocycles. The standard InChI is InChI=1S/C13H8ClN3O4/c14-7-3-8-5(2-9(18)17-8)1-6(7)12(19)10-11(13(20)21)16-4-15-10/h1,3-4H,2H2,(H,15,16)(H,17,18)(H,20,21). The number of benzene rings is 1. The summed E-state index contributed by atoms with van der Waals surface area (Å²) in [6, 6.07) is 2.96. The number of carbonyl (C=O) groups excluding carboxylic acids is 2. The molecule has 8 heteroatoms. The maximum absolute atomic E-state index is 12.4. The molecular weight excluding hydrogens is 298 g/mol. The summed E-state index contributed by atoms with van der Waals surface area (Å²) in [5.41, 5.74) is 0.788. The fourth-order valence-electron chi connectivity index (χ4n) is 2.18. The van der Waals surface area contributed by atoms with E-state index < -0.39 is 11.8 Å². The first-order chi connectivity index (χ1) is 9.97. The Morgan fingerprint density at radius 1 is 1.33 bits per heavy atom. The lowest BCUT2D eigenvalue weighted by atomic mass is 10.0. The Balaban J connectivity index is 2.07. The number of rotatable bonds is 3. The van der Waals surface area contributed by atoms with Gasteiger partial charge in [0.1, 0.15) is 5.69 Å². The van der Waals surface area contributed by atoms with Crippen LogP contribution in [0.3, 0.4) is 0 Å². The molecule has 0 radical (unpaired) electrons. The van der Waals surface area contributed by atoms with Gasteiger partial charge in [0.05, 0.1) is 17.8 Å². The van der Waals surface area contributed by atoms with Gasteiger partial charge in [-0.05, 0) is 17.7 Å². The summed E-state index contributed by atoms with van der Waals surface area (Å²) >= 11 is 6.04. The summed E-state index contributed by atoms with van der Waals surface area (Å²) in [5, 5.41) is 11.7. The summed E-state index contributed by atoms with van der Waals surface area (Å²) in [7, 11) is 0. The number of carbonyl (C=O) groups is 3. The molecule has 1 aliphatic rings. The third-order valence-corrected chi connectivity index (χ3v) is 3.44. The predicted octanol–water partition coefficient (Wildman–Crippen LogP) is 1.49. The van der Waals surface area contributed by atoms with Gasteiger partial charge in [-0.1, -0.05) is 11.6 Å². The van der Waals surface area contributed by atoms with Gasteiger partial charge in [0, 0.05) is 11.3 Å². The second-order valence-corrected chi connectivity index (χ2v) is 4.88. The van der Waals surface area contributed by atoms with Crippen LogP contribution in [-0.4, -0.2) is 32.7 Å². The van der Waals surface area contributed by atoms with Crippen molar-refractivity contribution in [3.63, 3.8) is 0 Å². The zero-order valence-electron chi connectivity index (χ0n) is 10.4. The van der Waals surface area contributed by atoms with Gasteiger partial charge < -0.3 is 15.4 Å². The van der Waals surface area contributed by atoms with Crippen LogP contribution >= 0.6 is 11.6 Å². The Bertz CT molecular complexity index is 797. The summed E-state index contributed by atoms with van der Waals surface area (Å²) in [6.45, 7) is 0. The van der Waals surface area contributed by atoms with E-state index in [0.29, 0.717) is 11.3 Å². The van der Waals surface area contributed by atoms with E-state index in [1.54, 1.807) is 0 Å². The van der Waals surface area contributed by atoms with E-state index in [2.05, 4.69) is 15.3 Å². The van der Waals surface area contributed by atoms with Crippen LogP contribution in [0.1, 0.15) is 32.1 Å². The first-order valence-corrected chi connectivity index (χ1v) is 6.29. The van der Waals surface area contributed by atoms with Crippen LogP contribution in [0.4, 0.5) is 5.69 Å². The van der Waals surface area contributed by atoms with Crippen molar-refractivity contribution in [3.8, 4) is 0 Å². The molecule has 1 aliphatic heterocycles. The highest BCUT2D eigenvalue weighted by atomic mass is 35.5. The van der Waals surface area contributed by atoms with E-state index in [-0.39, 0.29) is 34.3 Å². The first kappa shape index (κ1) is 13.3. The molecule has 21 heavy (non-hydrogen) atoms. The number of H-pyrrole nitrogens is 1. The number of amides is 1. The van der Waals surface area contributed by atoms with Crippen molar-refractivity contribution in [2.45, 2.75) is 6.42 Å². The zero-order chi connectivity index (χ0) is 15.1. The van der Waals surface area contributed by atoms with Crippen molar-refractivity contribution in [1.82, 2.24) is 9.97 Å². The van der Waals surface area contributed by atoms with E-state index in [1.165, 1.54) is 12.1 Å². The number of carboxylic acid groups (broad SMARTS) is 1. The fraction of sp³-hybridized carbons (Fsp3) is 0.0769. The van der Waals surface area contributed by atoms with Gasteiger partial charge >= 0.3 is 5.97 Å². The minimum atomic E-state index is -1.29. The Morgan fingerprint density at radius 2 is 2.10 bits per heavy atom. The molecule has 0 fully saturated rings. The zero-order valence-corrected chi connectivity index (χ0v) is 11.2. The average Bonchev–Trinajstić information content (AvgIpc) is 3.02. The molecule has 0 saturated carbocycles. The second kappa shape index (κ2) is 4.71. The molecule has 0 saturated heterocycles. The number of fused-ring (bicyclic) bond motifs is 1. The van der Waals surface area contributed by atoms with E-state index in [9.17, 15) is 14.4 Å². The maximum Gasteiger partial charge on any atom is 0.354 e. The molecule has 0 unspecified atom stereocenters. The van der Waals surface area contributed by atoms with Crippen molar-refractivity contribution in [3.05, 3.63) is 46.0 Å². The van der Waals surface area contributed by atoms with E-state index in [1.807, 2.05) is 0 Å². The molecule has 3 N–H and O–H groups in total. The molecule has 0 aliphatic carbocycles. The summed E-state index contributed by atoms with van der Waals surface area (Å²) in [5.74, 6) is -2.08. The number of halogens is 1. The number of nitrogens with zero attached hydrogens (tertiary/aromatic N) is 1. The van der Waals surface area contributed by atoms with Crippen molar-refractivity contribution < 1.29 is 19.5 Å². The fourth-order valence-corrected chi connectivity index (χ4v) is 2.43. The van der Waals surface area contributed by atoms with Gasteiger partial charge in [0.2, 0.25) is 11.7 Å². The molecule has 7 nitrogen and oxygen atoms in total. The summed E-state index contributed by atoms with van der Waals surface area (Å²) in [4.78, 5) is 40.9. The maximum atomic E-state index is 12.4. The molecule has 2 aromatic rings. The number of imidazole rings is 1. The molecule has 3 rings (SSSR count). The minimum absolute atomic E-state index is 0.113. The Kier molecular flexibility index (Phi) is 2.99. The third-order valence-electron chi connectivity index (χ3n) is 3.13. The van der Waals surface area contributed by atoms with Gasteiger partial charge in [-0.25, -0.2) is 9.78 Å². The Labute approximate surface area is 123 Å². The van der Waals surface area contributed by atoms with Crippen LogP contribution in [0.15, 0.2) is 18.5 Å². The molecule has 1 amide bonds. The van der Waals surface area contributed by atoms with Gasteiger partial charge in [0.15, 0.2) is 5.69 Å². The Hall–Kier alpha value is -2.67. The van der Waals surface area contributed by atoms with Crippen LogP contribution in [0.5, 0.6) is 0 Å². The third kappa shape index (κ3) is 2.17.